The maximum absolute atomic E-state index is 6.54. The highest BCUT2D eigenvalue weighted by Crippen LogP contribution is 2.55. The van der Waals surface area contributed by atoms with E-state index in [1.54, 1.807) is 0 Å². The molecule has 0 fully saturated rings. The van der Waals surface area contributed by atoms with E-state index in [0.717, 1.165) is 163 Å². The number of hydrogen-bond acceptors (Lipinski definition) is 4. The molecule has 0 spiro atoms. The molecule has 500 valence electrons. The van der Waals surface area contributed by atoms with E-state index < -0.39 is 0 Å². The van der Waals surface area contributed by atoms with Gasteiger partial charge in [0.25, 0.3) is 6.71 Å². The van der Waals surface area contributed by atoms with Gasteiger partial charge in [0.1, 0.15) is 22.3 Å². The number of rotatable bonds is 9. The Morgan fingerprint density at radius 2 is 0.876 bits per heavy atom. The second-order valence-electron chi connectivity index (χ2n) is 30.8. The Morgan fingerprint density at radius 1 is 0.390 bits per heavy atom. The maximum Gasteiger partial charge on any atom is 0.252 e. The predicted molar refractivity (Wildman–Crippen MR) is 443 cm³/mol. The highest BCUT2D eigenvalue weighted by atomic mass is 16.3. The fourth-order valence-corrected chi connectivity index (χ4v) is 17.4. The molecule has 13 aromatic carbocycles. The van der Waals surface area contributed by atoms with E-state index in [4.69, 9.17) is 8.83 Å². The van der Waals surface area contributed by atoms with Crippen LogP contribution in [0.1, 0.15) is 76.8 Å². The topological polar surface area (TPSA) is 37.7 Å². The maximum atomic E-state index is 6.54. The van der Waals surface area contributed by atoms with Gasteiger partial charge in [-0.3, -0.25) is 0 Å². The second kappa shape index (κ2) is 24.0. The van der Waals surface area contributed by atoms with Crippen molar-refractivity contribution in [3.8, 4) is 73.2 Å². The molecular formula is C99H74BN3O2. The van der Waals surface area contributed by atoms with Crippen LogP contribution in [0.3, 0.4) is 0 Å². The number of nitrogens with zero attached hydrogens (tertiary/aromatic N) is 3. The van der Waals surface area contributed by atoms with Gasteiger partial charge in [-0.25, -0.2) is 0 Å². The van der Waals surface area contributed by atoms with E-state index in [0.29, 0.717) is 6.42 Å². The molecule has 0 amide bonds. The number of para-hydroxylation sites is 4. The van der Waals surface area contributed by atoms with Crippen LogP contribution in [0.25, 0.3) is 128 Å². The van der Waals surface area contributed by atoms with Gasteiger partial charge in [-0.15, -0.1) is 0 Å². The molecular weight excluding hydrogens is 1270 g/mol. The van der Waals surface area contributed by atoms with Gasteiger partial charge in [0.2, 0.25) is 0 Å². The number of fused-ring (bicyclic) bond motifs is 13. The molecule has 0 bridgehead atoms. The third-order valence-electron chi connectivity index (χ3n) is 22.5. The molecule has 0 unspecified atom stereocenters. The van der Waals surface area contributed by atoms with Crippen LogP contribution in [0, 0.1) is 17.3 Å². The molecule has 16 aromatic rings. The minimum absolute atomic E-state index is 0.0129. The minimum atomic E-state index is -0.320. The van der Waals surface area contributed by atoms with Crippen molar-refractivity contribution in [2.45, 2.75) is 66.2 Å². The molecule has 4 aliphatic rings. The summed E-state index contributed by atoms with van der Waals surface area (Å²) in [7, 11) is 0. The van der Waals surface area contributed by atoms with Crippen molar-refractivity contribution in [2.75, 3.05) is 9.80 Å². The van der Waals surface area contributed by atoms with Gasteiger partial charge < -0.3 is 23.2 Å². The van der Waals surface area contributed by atoms with Gasteiger partial charge in [-0.2, -0.15) is 0 Å². The van der Waals surface area contributed by atoms with Crippen molar-refractivity contribution < 1.29 is 8.83 Å². The Hall–Kier alpha value is -12.6. The molecule has 0 saturated heterocycles. The summed E-state index contributed by atoms with van der Waals surface area (Å²) in [5, 5.41) is 5.66. The third kappa shape index (κ3) is 10.2. The normalized spacial score (nSPS) is 13.9. The van der Waals surface area contributed by atoms with E-state index in [-0.39, 0.29) is 17.5 Å². The van der Waals surface area contributed by atoms with Crippen LogP contribution in [0.5, 0.6) is 0 Å². The van der Waals surface area contributed by atoms with Gasteiger partial charge in [0.05, 0.1) is 16.9 Å². The van der Waals surface area contributed by atoms with Crippen molar-refractivity contribution in [1.82, 2.24) is 4.57 Å². The molecule has 0 saturated carbocycles. The monoisotopic (exact) mass is 1350 g/mol. The zero-order chi connectivity index (χ0) is 70.4. The quantitative estimate of drug-likeness (QED) is 0.107. The Bertz CT molecular complexity index is 6410. The van der Waals surface area contributed by atoms with E-state index in [9.17, 15) is 0 Å². The van der Waals surface area contributed by atoms with E-state index in [1.165, 1.54) is 49.7 Å². The van der Waals surface area contributed by atoms with Gasteiger partial charge in [-0.1, -0.05) is 283 Å². The molecule has 0 radical (unpaired) electrons. The Morgan fingerprint density at radius 3 is 1.41 bits per heavy atom. The smallest absolute Gasteiger partial charge is 0.252 e. The summed E-state index contributed by atoms with van der Waals surface area (Å²) in [5.74, 6) is 6.91. The van der Waals surface area contributed by atoms with Crippen LogP contribution >= 0.6 is 0 Å². The van der Waals surface area contributed by atoms with Crippen LogP contribution in [0.15, 0.2) is 312 Å². The van der Waals surface area contributed by atoms with Gasteiger partial charge in [0.15, 0.2) is 0 Å². The molecule has 105 heavy (non-hydrogen) atoms. The Labute approximate surface area is 613 Å². The number of hydrogen-bond donors (Lipinski definition) is 0. The van der Waals surface area contributed by atoms with E-state index in [1.807, 2.05) is 0 Å². The largest absolute Gasteiger partial charge is 0.456 e. The molecule has 0 atom stereocenters. The summed E-state index contributed by atoms with van der Waals surface area (Å²) in [6, 6.07) is 104. The lowest BCUT2D eigenvalue weighted by molar-refractivity contribution is 0.483. The number of anilines is 6. The van der Waals surface area contributed by atoms with Gasteiger partial charge in [0, 0.05) is 95.3 Å². The number of aromatic nitrogens is 1. The van der Waals surface area contributed by atoms with Crippen molar-refractivity contribution in [3.05, 3.63) is 325 Å². The Kier molecular flexibility index (Phi) is 14.2. The second-order valence-corrected chi connectivity index (χ2v) is 30.8. The summed E-state index contributed by atoms with van der Waals surface area (Å²) in [6.07, 6.45) is 11.7. The van der Waals surface area contributed by atoms with Crippen molar-refractivity contribution >= 4 is 124 Å². The highest BCUT2D eigenvalue weighted by Gasteiger charge is 2.46. The minimum Gasteiger partial charge on any atom is -0.456 e. The lowest BCUT2D eigenvalue weighted by atomic mass is 9.33. The van der Waals surface area contributed by atoms with Crippen molar-refractivity contribution in [2.24, 2.45) is 5.41 Å². The molecule has 20 rings (SSSR count). The molecule has 2 aliphatic heterocycles. The van der Waals surface area contributed by atoms with Crippen molar-refractivity contribution in [3.63, 3.8) is 0 Å². The number of furan rings is 2. The first-order valence-electron chi connectivity index (χ1n) is 36.9. The summed E-state index contributed by atoms with van der Waals surface area (Å²) in [4.78, 5) is 5.36. The van der Waals surface area contributed by atoms with Crippen LogP contribution in [0.2, 0.25) is 0 Å². The lowest BCUT2D eigenvalue weighted by Gasteiger charge is -2.46. The van der Waals surface area contributed by atoms with E-state index >= 15 is 0 Å². The van der Waals surface area contributed by atoms with Crippen molar-refractivity contribution in [1.29, 1.82) is 0 Å². The molecule has 5 nitrogen and oxygen atoms in total. The van der Waals surface area contributed by atoms with Crippen LogP contribution in [-0.4, -0.2) is 11.3 Å². The lowest BCUT2D eigenvalue weighted by Crippen LogP contribution is -2.61. The summed E-state index contributed by atoms with van der Waals surface area (Å²) >= 11 is 0. The average molecular weight is 1350 g/mol. The first kappa shape index (κ1) is 62.2. The molecule has 5 heterocycles. The summed E-state index contributed by atoms with van der Waals surface area (Å²) in [5.41, 5.74) is 34.7. The van der Waals surface area contributed by atoms with Crippen LogP contribution in [0.4, 0.5) is 34.1 Å². The fraction of sp³-hybridized carbons (Fsp3) is 0.111. The first-order chi connectivity index (χ1) is 51.3. The number of benzene rings is 13. The highest BCUT2D eigenvalue weighted by molar-refractivity contribution is 7.00. The van der Waals surface area contributed by atoms with E-state index in [2.05, 4.69) is 371 Å². The molecule has 3 aromatic heterocycles. The first-order valence-corrected chi connectivity index (χ1v) is 36.9. The SMILES string of the molecule is CC(C)(C)C1=Cc2c(n(-c3cc4c5c(c3)N(c3c(-c6ccccc6)cccc3-c3ccccc3)c3ccc(-c6ccc7oc8ccccc8c7c6)cc3B5c3cc(-c5ccc6oc7ccccc7c6c5)ccc3N4c3c(C4=CC#CCC=C4)cccc3-c3ccccc3)c3ccc(C(C)(C)C)cc23)CC1. The van der Waals surface area contributed by atoms with Crippen LogP contribution < -0.4 is 26.2 Å². The zero-order valence-electron chi connectivity index (χ0n) is 59.7. The van der Waals surface area contributed by atoms with Crippen LogP contribution in [-0.2, 0) is 11.8 Å². The standard InChI is InChI=1S/C99H74BN3O2/c1-98(2,3)70-46-50-85-79(58-70)80-59-71(99(4,5)6)47-51-86(80)101(85)72-60-89-95-90(61-72)103(97-75(64-30-16-10-17-31-64)38-25-39-76(97)65-32-18-11-19-33-65)88-49-43-69(67-45-53-94-82(55-67)78-35-21-23-41-92(78)105-94)57-84(88)100(95)83-56-68(66-44-52-93-81(54-66)77-34-20-22-40-91(77)104-93)42-48-87(83)102(89)96-73(62-26-12-7-8-13-27-62)36-24-37-74(96)63-28-14-9-15-29-63/h9-12,14-46,48-50,52-61H,7,47,51H2,1-6H3. The summed E-state index contributed by atoms with van der Waals surface area (Å²) in [6.45, 7) is 13.8. The number of allylic oxidation sites excluding steroid dienone is 5. The molecule has 2 aliphatic carbocycles. The van der Waals surface area contributed by atoms with Gasteiger partial charge >= 0.3 is 0 Å². The molecule has 0 N–H and O–H groups in total. The average Bonchev–Trinajstić information content (AvgIpc) is 1.04. The zero-order valence-corrected chi connectivity index (χ0v) is 59.7. The third-order valence-corrected chi connectivity index (χ3v) is 22.5. The fourth-order valence-electron chi connectivity index (χ4n) is 17.4. The predicted octanol–water partition coefficient (Wildman–Crippen LogP) is 24.9. The Balaban J connectivity index is 0.967. The summed E-state index contributed by atoms with van der Waals surface area (Å²) < 4.78 is 15.7. The van der Waals surface area contributed by atoms with Gasteiger partial charge in [-0.05, 0) is 169 Å². The molecule has 6 heteroatoms.